The third-order valence-corrected chi connectivity index (χ3v) is 2.98. The lowest BCUT2D eigenvalue weighted by Gasteiger charge is -2.06. The van der Waals surface area contributed by atoms with Gasteiger partial charge in [-0.05, 0) is 0 Å². The largest absolute Gasteiger partial charge is 0.367 e. The number of imidazole rings is 1. The second kappa shape index (κ2) is 5.25. The highest BCUT2D eigenvalue weighted by Crippen LogP contribution is 2.33. The van der Waals surface area contributed by atoms with Crippen molar-refractivity contribution in [1.82, 2.24) is 19.5 Å². The summed E-state index contributed by atoms with van der Waals surface area (Å²) < 4.78 is 17.6. The number of fused-ring (bicyclic) bond motifs is 1. The van der Waals surface area contributed by atoms with Crippen LogP contribution in [-0.2, 0) is 15.8 Å². The fourth-order valence-corrected chi connectivity index (χ4v) is 1.99. The molecule has 0 saturated carbocycles. The van der Waals surface area contributed by atoms with Crippen LogP contribution in [0, 0.1) is 4.64 Å². The van der Waals surface area contributed by atoms with Gasteiger partial charge in [0.25, 0.3) is 0 Å². The van der Waals surface area contributed by atoms with Gasteiger partial charge < -0.3 is 24.1 Å². The van der Waals surface area contributed by atoms with Crippen LogP contribution in [0.3, 0.4) is 0 Å². The maximum absolute atomic E-state index is 10.6. The Morgan fingerprint density at radius 2 is 2.28 bits per heavy atom. The van der Waals surface area contributed by atoms with Crippen molar-refractivity contribution in [3.63, 3.8) is 0 Å². The molecule has 3 N–H and O–H groups in total. The number of hydrogen-bond donors (Lipinski definition) is 3. The first-order valence-corrected chi connectivity index (χ1v) is 7.19. The zero-order chi connectivity index (χ0) is 13.2. The first-order valence-electron chi connectivity index (χ1n) is 4.98. The summed E-state index contributed by atoms with van der Waals surface area (Å²) in [7, 11) is -4.11. The van der Waals surface area contributed by atoms with E-state index < -0.39 is 13.9 Å². The van der Waals surface area contributed by atoms with E-state index in [9.17, 15) is 4.57 Å². The monoisotopic (exact) mass is 290 g/mol. The molecule has 0 aromatic carbocycles. The average Bonchev–Trinajstić information content (AvgIpc) is 2.68. The molecule has 98 valence electrons. The minimum atomic E-state index is -4.11. The molecule has 2 heterocycles. The molecule has 0 fully saturated rings. The van der Waals surface area contributed by atoms with Crippen LogP contribution >= 0.6 is 19.8 Å². The summed E-state index contributed by atoms with van der Waals surface area (Å²) in [5.74, 6) is 0. The summed E-state index contributed by atoms with van der Waals surface area (Å²) in [6, 6.07) is 0. The fraction of sp³-hybridized carbons (Fsp3) is 0.375. The van der Waals surface area contributed by atoms with Crippen molar-refractivity contribution in [2.45, 2.75) is 6.54 Å². The number of aromatic nitrogens is 4. The summed E-state index contributed by atoms with van der Waals surface area (Å²) in [4.78, 5) is 28.2. The van der Waals surface area contributed by atoms with Crippen molar-refractivity contribution in [2.24, 2.45) is 0 Å². The predicted molar refractivity (Wildman–Crippen MR) is 65.6 cm³/mol. The van der Waals surface area contributed by atoms with Crippen LogP contribution in [-0.4, -0.2) is 42.3 Å². The molecule has 0 bridgehead atoms. The van der Waals surface area contributed by atoms with Gasteiger partial charge >= 0.3 is 7.60 Å². The van der Waals surface area contributed by atoms with Gasteiger partial charge in [0.1, 0.15) is 17.5 Å². The molecule has 0 aliphatic carbocycles. The second-order valence-electron chi connectivity index (χ2n) is 3.54. The summed E-state index contributed by atoms with van der Waals surface area (Å²) in [5, 5.41) is 0. The Labute approximate surface area is 107 Å². The van der Waals surface area contributed by atoms with E-state index in [4.69, 9.17) is 26.7 Å². The van der Waals surface area contributed by atoms with E-state index >= 15 is 0 Å². The number of hydrogen-bond acceptors (Lipinski definition) is 5. The Morgan fingerprint density at radius 1 is 1.50 bits per heavy atom. The van der Waals surface area contributed by atoms with Crippen LogP contribution in [0.25, 0.3) is 11.2 Å². The highest BCUT2D eigenvalue weighted by Gasteiger charge is 2.12. The number of aromatic amines is 1. The number of nitrogens with one attached hydrogen (secondary N) is 1. The van der Waals surface area contributed by atoms with Gasteiger partial charge in [-0.1, -0.05) is 12.2 Å². The van der Waals surface area contributed by atoms with Crippen molar-refractivity contribution in [1.29, 1.82) is 0 Å². The predicted octanol–water partition coefficient (Wildman–Crippen LogP) is 0.641. The topological polar surface area (TPSA) is 113 Å². The molecule has 0 amide bonds. The molecular formula is C8H11N4O4PS. The van der Waals surface area contributed by atoms with Gasteiger partial charge in [-0.25, -0.2) is 9.97 Å². The Bertz CT molecular complexity index is 648. The Morgan fingerprint density at radius 3 is 3.00 bits per heavy atom. The number of rotatable bonds is 5. The molecule has 0 spiro atoms. The first-order chi connectivity index (χ1) is 8.47. The summed E-state index contributed by atoms with van der Waals surface area (Å²) in [6.07, 6.45) is 2.45. The first kappa shape index (κ1) is 13.3. The Hall–Kier alpha value is -1.12. The minimum absolute atomic E-state index is 0.166. The maximum atomic E-state index is 10.6. The van der Waals surface area contributed by atoms with Crippen molar-refractivity contribution in [3.05, 3.63) is 17.3 Å². The van der Waals surface area contributed by atoms with E-state index in [1.165, 1.54) is 6.33 Å². The van der Waals surface area contributed by atoms with Gasteiger partial charge in [0.15, 0.2) is 4.64 Å². The molecule has 0 unspecified atom stereocenters. The van der Waals surface area contributed by atoms with Crippen LogP contribution in [0.4, 0.5) is 0 Å². The van der Waals surface area contributed by atoms with Gasteiger partial charge in [0, 0.05) is 6.54 Å². The van der Waals surface area contributed by atoms with Crippen LogP contribution in [0.1, 0.15) is 0 Å². The van der Waals surface area contributed by atoms with E-state index in [2.05, 4.69) is 15.0 Å². The molecule has 0 saturated heterocycles. The second-order valence-corrected chi connectivity index (χ2v) is 5.52. The van der Waals surface area contributed by atoms with Gasteiger partial charge in [-0.15, -0.1) is 0 Å². The van der Waals surface area contributed by atoms with Gasteiger partial charge in [-0.2, -0.15) is 0 Å². The van der Waals surface area contributed by atoms with Crippen LogP contribution in [0.2, 0.25) is 0 Å². The molecule has 2 aromatic rings. The summed E-state index contributed by atoms with van der Waals surface area (Å²) >= 11 is 5.01. The number of H-pyrrole nitrogens is 1. The van der Waals surface area contributed by atoms with Crippen molar-refractivity contribution >= 4 is 31.0 Å². The zero-order valence-electron chi connectivity index (χ0n) is 9.18. The minimum Gasteiger partial charge on any atom is -0.367 e. The van der Waals surface area contributed by atoms with Crippen molar-refractivity contribution in [2.75, 3.05) is 13.0 Å². The van der Waals surface area contributed by atoms with E-state index in [1.54, 1.807) is 10.9 Å². The fourth-order valence-electron chi connectivity index (χ4n) is 1.42. The lowest BCUT2D eigenvalue weighted by molar-refractivity contribution is 0.149. The van der Waals surface area contributed by atoms with Gasteiger partial charge in [0.05, 0.1) is 19.3 Å². The number of nitrogens with zero attached hydrogens (tertiary/aromatic N) is 3. The molecule has 18 heavy (non-hydrogen) atoms. The highest BCUT2D eigenvalue weighted by atomic mass is 32.1. The molecule has 10 heteroatoms. The summed E-state index contributed by atoms with van der Waals surface area (Å²) in [6.45, 7) is 0.575. The zero-order valence-corrected chi connectivity index (χ0v) is 10.9. The molecule has 0 aliphatic heterocycles. The van der Waals surface area contributed by atoms with Gasteiger partial charge in [-0.3, -0.25) is 4.57 Å². The number of ether oxygens (including phenoxy) is 1. The smallest absolute Gasteiger partial charge is 0.350 e. The van der Waals surface area contributed by atoms with E-state index in [1.807, 2.05) is 0 Å². The van der Waals surface area contributed by atoms with Crippen molar-refractivity contribution in [3.8, 4) is 0 Å². The third kappa shape index (κ3) is 3.21. The van der Waals surface area contributed by atoms with E-state index in [0.717, 1.165) is 0 Å². The molecule has 0 aliphatic rings. The molecule has 2 aromatic heterocycles. The molecular weight excluding hydrogens is 279 g/mol. The maximum Gasteiger partial charge on any atom is 0.350 e. The standard InChI is InChI=1S/C8H11N4O4PS/c13-17(14,15)5-16-2-1-12-4-11-6-7(12)9-3-10-8(6)18/h3-4H,1-2,5H2,(H,9,10,18)(H2,13,14,15). The van der Waals surface area contributed by atoms with Crippen LogP contribution in [0.15, 0.2) is 12.7 Å². The average molecular weight is 290 g/mol. The molecule has 0 radical (unpaired) electrons. The lowest BCUT2D eigenvalue weighted by Crippen LogP contribution is -2.06. The molecule has 0 atom stereocenters. The normalized spacial score (nSPS) is 12.1. The Kier molecular flexibility index (Phi) is 3.88. The van der Waals surface area contributed by atoms with E-state index in [0.29, 0.717) is 22.3 Å². The highest BCUT2D eigenvalue weighted by molar-refractivity contribution is 7.71. The van der Waals surface area contributed by atoms with E-state index in [-0.39, 0.29) is 6.61 Å². The Balaban J connectivity index is 2.03. The lowest BCUT2D eigenvalue weighted by atomic mass is 10.5. The van der Waals surface area contributed by atoms with Crippen molar-refractivity contribution < 1.29 is 19.1 Å². The molecule has 8 nitrogen and oxygen atoms in total. The van der Waals surface area contributed by atoms with Gasteiger partial charge in [0.2, 0.25) is 0 Å². The van der Waals surface area contributed by atoms with Crippen LogP contribution in [0.5, 0.6) is 0 Å². The summed E-state index contributed by atoms with van der Waals surface area (Å²) in [5.41, 5.74) is 1.29. The third-order valence-electron chi connectivity index (χ3n) is 2.16. The van der Waals surface area contributed by atoms with Crippen LogP contribution < -0.4 is 0 Å². The SMILES string of the molecule is O=P(O)(O)COCCn1cnc2c(=S)nc[nH]c21. The quantitative estimate of drug-likeness (QED) is 0.420. The molecule has 2 rings (SSSR count).